The Morgan fingerprint density at radius 3 is 1.85 bits per heavy atom. The molecule has 2 heteroatoms. The minimum atomic E-state index is 1.14. The molecule has 8 rings (SSSR count). The molecule has 0 spiro atoms. The molecule has 0 saturated heterocycles. The van der Waals surface area contributed by atoms with Gasteiger partial charge in [-0.15, -0.1) is 11.3 Å². The molecule has 0 saturated carbocycles. The highest BCUT2D eigenvalue weighted by Crippen LogP contribution is 2.42. The molecule has 0 aliphatic carbocycles. The molecule has 1 aromatic heterocycles. The number of para-hydroxylation sites is 1. The predicted molar refractivity (Wildman–Crippen MR) is 174 cm³/mol. The van der Waals surface area contributed by atoms with Gasteiger partial charge in [-0.25, -0.2) is 0 Å². The van der Waals surface area contributed by atoms with Crippen molar-refractivity contribution in [1.82, 2.24) is 0 Å². The summed E-state index contributed by atoms with van der Waals surface area (Å²) in [6, 6.07) is 54.9. The van der Waals surface area contributed by atoms with Crippen LogP contribution in [0.15, 0.2) is 152 Å². The molecule has 7 aromatic carbocycles. The van der Waals surface area contributed by atoms with Gasteiger partial charge in [0.25, 0.3) is 0 Å². The molecule has 1 heterocycles. The molecule has 0 unspecified atom stereocenters. The zero-order valence-corrected chi connectivity index (χ0v) is 22.6. The molecule has 0 radical (unpaired) electrons. The Bertz CT molecular complexity index is 2160. The van der Waals surface area contributed by atoms with Gasteiger partial charge in [-0.1, -0.05) is 109 Å². The fourth-order valence-corrected chi connectivity index (χ4v) is 7.10. The lowest BCUT2D eigenvalue weighted by Crippen LogP contribution is -2.09. The van der Waals surface area contributed by atoms with Crippen LogP contribution in [0.2, 0.25) is 0 Å². The Kier molecular flexibility index (Phi) is 5.39. The van der Waals surface area contributed by atoms with Crippen LogP contribution in [0.5, 0.6) is 0 Å². The van der Waals surface area contributed by atoms with Gasteiger partial charge in [-0.3, -0.25) is 0 Å². The summed E-state index contributed by atoms with van der Waals surface area (Å²) in [5, 5.41) is 7.79. The highest BCUT2D eigenvalue weighted by molar-refractivity contribution is 7.26. The first-order chi connectivity index (χ1) is 19.8. The van der Waals surface area contributed by atoms with Crippen LogP contribution in [0.3, 0.4) is 0 Å². The molecule has 0 N–H and O–H groups in total. The lowest BCUT2D eigenvalue weighted by atomic mass is 10.0. The van der Waals surface area contributed by atoms with E-state index < -0.39 is 0 Å². The van der Waals surface area contributed by atoms with Gasteiger partial charge in [0.2, 0.25) is 0 Å². The SMILES string of the molecule is c1ccc(N(c2ccc(-c3ccc4ccccc4c3)cc2)c2ccc3c(c2)sc2c4ccccc4ccc32)cc1. The van der Waals surface area contributed by atoms with Crippen LogP contribution >= 0.6 is 11.3 Å². The van der Waals surface area contributed by atoms with E-state index in [0.29, 0.717) is 0 Å². The summed E-state index contributed by atoms with van der Waals surface area (Å²) in [4.78, 5) is 2.35. The number of thiophene rings is 1. The number of hydrogen-bond acceptors (Lipinski definition) is 2. The summed E-state index contributed by atoms with van der Waals surface area (Å²) in [7, 11) is 0. The molecule has 0 fully saturated rings. The summed E-state index contributed by atoms with van der Waals surface area (Å²) in [5.74, 6) is 0. The zero-order valence-electron chi connectivity index (χ0n) is 21.8. The molecular weight excluding hydrogens is 502 g/mol. The molecule has 1 nitrogen and oxygen atoms in total. The molecular formula is C38H25NS. The first-order valence-corrected chi connectivity index (χ1v) is 14.4. The van der Waals surface area contributed by atoms with Crippen LogP contribution in [0.25, 0.3) is 52.8 Å². The number of rotatable bonds is 4. The van der Waals surface area contributed by atoms with Crippen molar-refractivity contribution in [1.29, 1.82) is 0 Å². The largest absolute Gasteiger partial charge is 0.310 e. The molecule has 8 aromatic rings. The monoisotopic (exact) mass is 527 g/mol. The first kappa shape index (κ1) is 23.0. The summed E-state index contributed by atoms with van der Waals surface area (Å²) >= 11 is 1.89. The molecule has 0 amide bonds. The van der Waals surface area contributed by atoms with Crippen LogP contribution in [-0.4, -0.2) is 0 Å². The van der Waals surface area contributed by atoms with Crippen molar-refractivity contribution in [2.45, 2.75) is 0 Å². The first-order valence-electron chi connectivity index (χ1n) is 13.6. The van der Waals surface area contributed by atoms with E-state index in [0.717, 1.165) is 17.1 Å². The molecule has 0 atom stereocenters. The van der Waals surface area contributed by atoms with Crippen molar-refractivity contribution in [2.24, 2.45) is 0 Å². The Morgan fingerprint density at radius 2 is 1.00 bits per heavy atom. The van der Waals surface area contributed by atoms with Gasteiger partial charge < -0.3 is 4.90 Å². The van der Waals surface area contributed by atoms with E-state index in [-0.39, 0.29) is 0 Å². The van der Waals surface area contributed by atoms with E-state index in [1.165, 1.54) is 52.8 Å². The van der Waals surface area contributed by atoms with Crippen molar-refractivity contribution >= 4 is 70.1 Å². The zero-order chi connectivity index (χ0) is 26.5. The second kappa shape index (κ2) is 9.37. The molecule has 188 valence electrons. The maximum Gasteiger partial charge on any atom is 0.0476 e. The fraction of sp³-hybridized carbons (Fsp3) is 0. The smallest absolute Gasteiger partial charge is 0.0476 e. The third kappa shape index (κ3) is 3.85. The highest BCUT2D eigenvalue weighted by atomic mass is 32.1. The second-order valence-electron chi connectivity index (χ2n) is 10.2. The highest BCUT2D eigenvalue weighted by Gasteiger charge is 2.15. The summed E-state index contributed by atoms with van der Waals surface area (Å²) in [5.41, 5.74) is 5.89. The van der Waals surface area contributed by atoms with Gasteiger partial charge in [-0.2, -0.15) is 0 Å². The van der Waals surface area contributed by atoms with Crippen LogP contribution in [-0.2, 0) is 0 Å². The Balaban J connectivity index is 1.24. The summed E-state index contributed by atoms with van der Waals surface area (Å²) < 4.78 is 2.66. The molecule has 0 bridgehead atoms. The lowest BCUT2D eigenvalue weighted by Gasteiger charge is -2.25. The minimum absolute atomic E-state index is 1.14. The standard InChI is InChI=1S/C38H25NS/c1-2-11-31(12-3-1)39(32-19-16-27(17-20-32)30-15-14-26-8-4-5-10-29(26)24-30)33-21-23-35-36-22-18-28-9-6-7-13-34(28)38(36)40-37(35)25-33/h1-25H. The van der Waals surface area contributed by atoms with Crippen LogP contribution in [0.4, 0.5) is 17.1 Å². The fourth-order valence-electron chi connectivity index (χ4n) is 5.83. The van der Waals surface area contributed by atoms with Gasteiger partial charge in [0.1, 0.15) is 0 Å². The molecule has 0 aliphatic rings. The minimum Gasteiger partial charge on any atom is -0.310 e. The van der Waals surface area contributed by atoms with Gasteiger partial charge in [0.15, 0.2) is 0 Å². The third-order valence-corrected chi connectivity index (χ3v) is 9.03. The van der Waals surface area contributed by atoms with E-state index in [4.69, 9.17) is 0 Å². The number of hydrogen-bond donors (Lipinski definition) is 0. The predicted octanol–water partition coefficient (Wildman–Crippen LogP) is 11.5. The molecule has 0 aliphatic heterocycles. The maximum absolute atomic E-state index is 2.35. The lowest BCUT2D eigenvalue weighted by molar-refractivity contribution is 1.29. The quantitative estimate of drug-likeness (QED) is 0.220. The number of anilines is 3. The van der Waals surface area contributed by atoms with Gasteiger partial charge in [0, 0.05) is 37.2 Å². The average molecular weight is 528 g/mol. The molecule has 40 heavy (non-hydrogen) atoms. The number of nitrogens with zero attached hydrogens (tertiary/aromatic N) is 1. The van der Waals surface area contributed by atoms with Crippen LogP contribution in [0, 0.1) is 0 Å². The Morgan fingerprint density at radius 1 is 0.375 bits per heavy atom. The summed E-state index contributed by atoms with van der Waals surface area (Å²) in [6.07, 6.45) is 0. The van der Waals surface area contributed by atoms with Gasteiger partial charge in [-0.05, 0) is 75.1 Å². The average Bonchev–Trinajstić information content (AvgIpc) is 3.40. The number of fused-ring (bicyclic) bond motifs is 6. The van der Waals surface area contributed by atoms with Crippen molar-refractivity contribution < 1.29 is 0 Å². The van der Waals surface area contributed by atoms with Crippen molar-refractivity contribution in [3.8, 4) is 11.1 Å². The van der Waals surface area contributed by atoms with E-state index >= 15 is 0 Å². The van der Waals surface area contributed by atoms with Gasteiger partial charge >= 0.3 is 0 Å². The van der Waals surface area contributed by atoms with E-state index in [9.17, 15) is 0 Å². The normalized spacial score (nSPS) is 11.5. The van der Waals surface area contributed by atoms with Crippen LogP contribution in [0.1, 0.15) is 0 Å². The second-order valence-corrected chi connectivity index (χ2v) is 11.3. The maximum atomic E-state index is 2.35. The third-order valence-electron chi connectivity index (χ3n) is 7.83. The van der Waals surface area contributed by atoms with E-state index in [1.807, 2.05) is 11.3 Å². The van der Waals surface area contributed by atoms with E-state index in [1.54, 1.807) is 0 Å². The van der Waals surface area contributed by atoms with Crippen molar-refractivity contribution in [2.75, 3.05) is 4.90 Å². The van der Waals surface area contributed by atoms with Crippen LogP contribution < -0.4 is 4.90 Å². The summed E-state index contributed by atoms with van der Waals surface area (Å²) in [6.45, 7) is 0. The number of benzene rings is 7. The van der Waals surface area contributed by atoms with E-state index in [2.05, 4.69) is 157 Å². The Labute approximate surface area is 237 Å². The Hall–Kier alpha value is -4.92. The topological polar surface area (TPSA) is 3.24 Å². The van der Waals surface area contributed by atoms with Crippen molar-refractivity contribution in [3.63, 3.8) is 0 Å². The van der Waals surface area contributed by atoms with Gasteiger partial charge in [0.05, 0.1) is 0 Å². The van der Waals surface area contributed by atoms with Crippen molar-refractivity contribution in [3.05, 3.63) is 152 Å².